The van der Waals surface area contributed by atoms with Crippen LogP contribution in [-0.4, -0.2) is 26.1 Å². The predicted octanol–water partition coefficient (Wildman–Crippen LogP) is 12.1. The number of alkyl halides is 3. The summed E-state index contributed by atoms with van der Waals surface area (Å²) in [5, 5.41) is 0. The lowest BCUT2D eigenvalue weighted by atomic mass is 9.75. The quantitative estimate of drug-likeness (QED) is 0.158. The largest absolute Gasteiger partial charge is 0.402 e. The lowest BCUT2D eigenvalue weighted by Crippen LogP contribution is -2.40. The number of benzene rings is 6. The van der Waals surface area contributed by atoms with Gasteiger partial charge in [0.1, 0.15) is 5.41 Å². The van der Waals surface area contributed by atoms with E-state index in [2.05, 4.69) is 0 Å². The Kier molecular flexibility index (Phi) is 9.14. The van der Waals surface area contributed by atoms with E-state index in [1.54, 1.807) is 48.5 Å². The lowest BCUT2D eigenvalue weighted by Gasteiger charge is -2.33. The molecule has 0 aliphatic carbocycles. The molecule has 262 valence electrons. The maximum Gasteiger partial charge on any atom is 0.402 e. The zero-order valence-electron chi connectivity index (χ0n) is 29.2. The topological polar surface area (TPSA) is 51.6 Å². The lowest BCUT2D eigenvalue weighted by molar-refractivity contribution is -0.173. The minimum absolute atomic E-state index is 0.117. The van der Waals surface area contributed by atoms with Crippen LogP contribution < -0.4 is 0 Å². The van der Waals surface area contributed by atoms with E-state index in [0.717, 1.165) is 33.6 Å². The molecule has 0 N–H and O–H groups in total. The van der Waals surface area contributed by atoms with Gasteiger partial charge in [-0.3, -0.25) is 0 Å². The van der Waals surface area contributed by atoms with Crippen LogP contribution in [0.15, 0.2) is 182 Å². The first-order chi connectivity index (χ1) is 26.3. The number of nitrogens with zero attached hydrogens (tertiary/aromatic N) is 4. The molecule has 8 rings (SSSR count). The molecule has 0 bridgehead atoms. The smallest absolute Gasteiger partial charge is 0.228 e. The minimum atomic E-state index is -4.60. The molecule has 0 radical (unpaired) electrons. The molecular formula is C47H33F3N4. The third-order valence-corrected chi connectivity index (χ3v) is 9.74. The molecule has 0 saturated heterocycles. The SMILES string of the molecule is CC(c1ccc(-c2cc(-c3ccccc3)nc(-c3ccccc3)n2)cc1)(c1ccc(-c2cc(-c3ccccc3)nc(-c3ccccc3)n2)cc1)C(F)(F)F. The third-order valence-electron chi connectivity index (χ3n) is 9.74. The monoisotopic (exact) mass is 710 g/mol. The summed E-state index contributed by atoms with van der Waals surface area (Å²) in [4.78, 5) is 19.3. The highest BCUT2D eigenvalue weighted by Gasteiger charge is 2.53. The van der Waals surface area contributed by atoms with Gasteiger partial charge in [0.15, 0.2) is 11.6 Å². The highest BCUT2D eigenvalue weighted by molar-refractivity contribution is 5.74. The number of hydrogen-bond donors (Lipinski definition) is 0. The fourth-order valence-corrected chi connectivity index (χ4v) is 6.58. The highest BCUT2D eigenvalue weighted by atomic mass is 19.4. The van der Waals surface area contributed by atoms with Gasteiger partial charge in [0.05, 0.1) is 22.8 Å². The van der Waals surface area contributed by atoms with Crippen LogP contribution >= 0.6 is 0 Å². The number of halogens is 3. The number of aromatic nitrogens is 4. The Morgan fingerprint density at radius 1 is 0.333 bits per heavy atom. The van der Waals surface area contributed by atoms with Gasteiger partial charge in [0.25, 0.3) is 0 Å². The minimum Gasteiger partial charge on any atom is -0.228 e. The van der Waals surface area contributed by atoms with Gasteiger partial charge in [-0.1, -0.05) is 170 Å². The zero-order valence-corrected chi connectivity index (χ0v) is 29.2. The summed E-state index contributed by atoms with van der Waals surface area (Å²) in [6, 6.07) is 55.6. The van der Waals surface area contributed by atoms with Crippen molar-refractivity contribution in [1.29, 1.82) is 0 Å². The molecule has 54 heavy (non-hydrogen) atoms. The third kappa shape index (κ3) is 6.79. The average Bonchev–Trinajstić information content (AvgIpc) is 3.24. The Balaban J connectivity index is 1.16. The summed E-state index contributed by atoms with van der Waals surface area (Å²) >= 11 is 0. The Morgan fingerprint density at radius 3 is 0.870 bits per heavy atom. The molecule has 8 aromatic rings. The summed E-state index contributed by atoms with van der Waals surface area (Å²) < 4.78 is 45.7. The molecule has 7 heteroatoms. The Morgan fingerprint density at radius 2 is 0.593 bits per heavy atom. The number of rotatable bonds is 8. The van der Waals surface area contributed by atoms with Crippen molar-refractivity contribution in [3.63, 3.8) is 0 Å². The van der Waals surface area contributed by atoms with Crippen LogP contribution in [0.4, 0.5) is 13.2 Å². The van der Waals surface area contributed by atoms with E-state index in [-0.39, 0.29) is 11.1 Å². The summed E-state index contributed by atoms with van der Waals surface area (Å²) in [7, 11) is 0. The summed E-state index contributed by atoms with van der Waals surface area (Å²) in [6.07, 6.45) is -4.60. The summed E-state index contributed by atoms with van der Waals surface area (Å²) in [6.45, 7) is 1.23. The predicted molar refractivity (Wildman–Crippen MR) is 209 cm³/mol. The molecule has 0 aliphatic rings. The van der Waals surface area contributed by atoms with Crippen LogP contribution in [0, 0.1) is 0 Å². The van der Waals surface area contributed by atoms with Gasteiger partial charge in [0, 0.05) is 33.4 Å². The van der Waals surface area contributed by atoms with E-state index in [9.17, 15) is 0 Å². The molecule has 0 unspecified atom stereocenters. The van der Waals surface area contributed by atoms with Crippen LogP contribution in [0.25, 0.3) is 67.8 Å². The molecule has 0 atom stereocenters. The van der Waals surface area contributed by atoms with E-state index in [1.807, 2.05) is 133 Å². The van der Waals surface area contributed by atoms with E-state index < -0.39 is 11.6 Å². The van der Waals surface area contributed by atoms with Gasteiger partial charge in [-0.25, -0.2) is 19.9 Å². The standard InChI is InChI=1S/C47H33F3N4/c1-46(47(48,49)50,38-26-22-34(23-27-38)42-30-40(32-14-6-2-7-15-32)51-44(53-42)36-18-10-4-11-19-36)39-28-24-35(25-29-39)43-31-41(33-16-8-3-9-17-33)52-45(54-43)37-20-12-5-13-21-37/h2-31H,1H3. The second kappa shape index (κ2) is 14.4. The molecule has 0 spiro atoms. The van der Waals surface area contributed by atoms with Gasteiger partial charge >= 0.3 is 6.18 Å². The molecule has 0 saturated carbocycles. The Hall–Kier alpha value is -6.73. The van der Waals surface area contributed by atoms with Crippen LogP contribution in [-0.2, 0) is 5.41 Å². The van der Waals surface area contributed by atoms with Crippen molar-refractivity contribution < 1.29 is 13.2 Å². The first-order valence-corrected chi connectivity index (χ1v) is 17.5. The van der Waals surface area contributed by atoms with E-state index in [4.69, 9.17) is 19.9 Å². The van der Waals surface area contributed by atoms with Crippen LogP contribution in [0.1, 0.15) is 18.1 Å². The van der Waals surface area contributed by atoms with Gasteiger partial charge in [-0.2, -0.15) is 13.2 Å². The van der Waals surface area contributed by atoms with Crippen molar-refractivity contribution >= 4 is 0 Å². The molecule has 2 heterocycles. The fraction of sp³-hybridized carbons (Fsp3) is 0.0638. The van der Waals surface area contributed by atoms with Crippen LogP contribution in [0.2, 0.25) is 0 Å². The molecule has 0 amide bonds. The molecular weight excluding hydrogens is 678 g/mol. The molecule has 6 aromatic carbocycles. The normalized spacial score (nSPS) is 11.7. The van der Waals surface area contributed by atoms with E-state index >= 15 is 13.2 Å². The van der Waals surface area contributed by atoms with Gasteiger partial charge in [-0.15, -0.1) is 0 Å². The number of hydrogen-bond acceptors (Lipinski definition) is 4. The van der Waals surface area contributed by atoms with Crippen molar-refractivity contribution in [3.05, 3.63) is 193 Å². The molecule has 4 nitrogen and oxygen atoms in total. The van der Waals surface area contributed by atoms with Crippen molar-refractivity contribution in [2.75, 3.05) is 0 Å². The first kappa shape index (κ1) is 34.4. The van der Waals surface area contributed by atoms with Gasteiger partial charge < -0.3 is 0 Å². The maximum absolute atomic E-state index is 15.2. The molecule has 0 aliphatic heterocycles. The fourth-order valence-electron chi connectivity index (χ4n) is 6.58. The summed E-state index contributed by atoms with van der Waals surface area (Å²) in [5.41, 5.74) is 5.49. The first-order valence-electron chi connectivity index (χ1n) is 17.5. The van der Waals surface area contributed by atoms with Gasteiger partial charge in [-0.05, 0) is 30.2 Å². The molecule has 0 fully saturated rings. The Bertz CT molecular complexity index is 2220. The van der Waals surface area contributed by atoms with E-state index in [0.29, 0.717) is 34.2 Å². The second-order valence-corrected chi connectivity index (χ2v) is 13.2. The second-order valence-electron chi connectivity index (χ2n) is 13.2. The summed E-state index contributed by atoms with van der Waals surface area (Å²) in [5.74, 6) is 1.07. The highest BCUT2D eigenvalue weighted by Crippen LogP contribution is 2.47. The van der Waals surface area contributed by atoms with Crippen molar-refractivity contribution in [2.45, 2.75) is 18.5 Å². The zero-order chi connectivity index (χ0) is 37.1. The van der Waals surface area contributed by atoms with Crippen LogP contribution in [0.3, 0.4) is 0 Å². The Labute approximate surface area is 311 Å². The average molecular weight is 711 g/mol. The van der Waals surface area contributed by atoms with E-state index in [1.165, 1.54) is 6.92 Å². The van der Waals surface area contributed by atoms with Crippen molar-refractivity contribution in [3.8, 4) is 67.8 Å². The van der Waals surface area contributed by atoms with Crippen molar-refractivity contribution in [2.24, 2.45) is 0 Å². The van der Waals surface area contributed by atoms with Crippen LogP contribution in [0.5, 0.6) is 0 Å². The maximum atomic E-state index is 15.2. The van der Waals surface area contributed by atoms with Crippen molar-refractivity contribution in [1.82, 2.24) is 19.9 Å². The van der Waals surface area contributed by atoms with Gasteiger partial charge in [0.2, 0.25) is 0 Å². The molecule has 2 aromatic heterocycles.